The van der Waals surface area contributed by atoms with E-state index in [1.54, 1.807) is 29.7 Å². The summed E-state index contributed by atoms with van der Waals surface area (Å²) in [5.41, 5.74) is 2.95. The Morgan fingerprint density at radius 1 is 1.23 bits per heavy atom. The van der Waals surface area contributed by atoms with E-state index in [-0.39, 0.29) is 5.56 Å². The van der Waals surface area contributed by atoms with Crippen LogP contribution >= 0.6 is 0 Å². The average Bonchev–Trinajstić information content (AvgIpc) is 3.05. The van der Waals surface area contributed by atoms with E-state index in [0.29, 0.717) is 35.4 Å². The lowest BCUT2D eigenvalue weighted by atomic mass is 10.1. The van der Waals surface area contributed by atoms with Crippen LogP contribution in [0.1, 0.15) is 35.1 Å². The molecule has 5 nitrogen and oxygen atoms in total. The highest BCUT2D eigenvalue weighted by Crippen LogP contribution is 2.27. The van der Waals surface area contributed by atoms with Crippen molar-refractivity contribution < 1.29 is 9.53 Å². The van der Waals surface area contributed by atoms with Crippen molar-refractivity contribution >= 4 is 28.5 Å². The number of allylic oxidation sites excluding steroid dienone is 1. The highest BCUT2D eigenvalue weighted by Gasteiger charge is 2.21. The zero-order valence-corrected chi connectivity index (χ0v) is 14.4. The molecule has 5 heteroatoms. The molecule has 1 aromatic heterocycles. The molecule has 0 fully saturated rings. The number of nitrogens with zero attached hydrogens (tertiary/aromatic N) is 2. The van der Waals surface area contributed by atoms with E-state index in [2.05, 4.69) is 11.1 Å². The molecule has 0 bridgehead atoms. The van der Waals surface area contributed by atoms with E-state index in [0.717, 1.165) is 17.6 Å². The monoisotopic (exact) mass is 346 g/mol. The van der Waals surface area contributed by atoms with Gasteiger partial charge in [0.1, 0.15) is 5.82 Å². The summed E-state index contributed by atoms with van der Waals surface area (Å²) in [5.74, 6) is 0.268. The van der Waals surface area contributed by atoms with Gasteiger partial charge in [-0.15, -0.1) is 0 Å². The predicted molar refractivity (Wildman–Crippen MR) is 101 cm³/mol. The minimum atomic E-state index is -0.406. The van der Waals surface area contributed by atoms with Crippen molar-refractivity contribution in [3.8, 4) is 0 Å². The van der Waals surface area contributed by atoms with Gasteiger partial charge < -0.3 is 4.74 Å². The molecule has 1 aliphatic heterocycles. The number of carbonyl (C=O) groups excluding carboxylic acids is 1. The summed E-state index contributed by atoms with van der Waals surface area (Å²) in [7, 11) is 0. The molecule has 0 aliphatic carbocycles. The highest BCUT2D eigenvalue weighted by molar-refractivity contribution is 5.94. The second kappa shape index (κ2) is 6.59. The molecule has 0 amide bonds. The van der Waals surface area contributed by atoms with Gasteiger partial charge in [0.05, 0.1) is 23.1 Å². The molecule has 2 heterocycles. The summed E-state index contributed by atoms with van der Waals surface area (Å²) in [6, 6.07) is 14.9. The molecule has 130 valence electrons. The van der Waals surface area contributed by atoms with Gasteiger partial charge in [0, 0.05) is 6.54 Å². The van der Waals surface area contributed by atoms with Crippen molar-refractivity contribution in [3.63, 3.8) is 0 Å². The summed E-state index contributed by atoms with van der Waals surface area (Å²) in [6.45, 7) is 2.69. The molecule has 0 unspecified atom stereocenters. The smallest absolute Gasteiger partial charge is 0.338 e. The summed E-state index contributed by atoms with van der Waals surface area (Å²) in [5, 5.41) is 0.516. The Morgan fingerprint density at radius 3 is 2.81 bits per heavy atom. The molecule has 0 saturated heterocycles. The van der Waals surface area contributed by atoms with E-state index in [1.165, 1.54) is 0 Å². The molecule has 0 N–H and O–H groups in total. The molecule has 0 radical (unpaired) electrons. The quantitative estimate of drug-likeness (QED) is 0.681. The van der Waals surface area contributed by atoms with Gasteiger partial charge in [0.25, 0.3) is 5.56 Å². The third kappa shape index (κ3) is 2.81. The number of benzene rings is 2. The Labute approximate surface area is 150 Å². The van der Waals surface area contributed by atoms with Crippen LogP contribution in [0.2, 0.25) is 0 Å². The third-order valence-electron chi connectivity index (χ3n) is 4.50. The maximum absolute atomic E-state index is 12.8. The maximum Gasteiger partial charge on any atom is 0.338 e. The summed E-state index contributed by atoms with van der Waals surface area (Å²) >= 11 is 0. The SMILES string of the molecule is CCOC(=O)c1ccc2c(=O)n3c(nc2c1)C(=Cc1ccccc1)CC3. The number of ether oxygens (including phenoxy) is 1. The second-order valence-electron chi connectivity index (χ2n) is 6.17. The van der Waals surface area contributed by atoms with Crippen LogP contribution in [0.15, 0.2) is 53.3 Å². The fraction of sp³-hybridized carbons (Fsp3) is 0.190. The van der Waals surface area contributed by atoms with Crippen LogP contribution in [0, 0.1) is 0 Å². The first-order valence-corrected chi connectivity index (χ1v) is 8.65. The number of fused-ring (bicyclic) bond motifs is 2. The molecular weight excluding hydrogens is 328 g/mol. The minimum absolute atomic E-state index is 0.0723. The van der Waals surface area contributed by atoms with Gasteiger partial charge in [-0.2, -0.15) is 0 Å². The van der Waals surface area contributed by atoms with Crippen LogP contribution < -0.4 is 5.56 Å². The van der Waals surface area contributed by atoms with E-state index in [1.807, 2.05) is 30.3 Å². The van der Waals surface area contributed by atoms with Crippen molar-refractivity contribution in [2.75, 3.05) is 6.61 Å². The van der Waals surface area contributed by atoms with Crippen LogP contribution in [0.3, 0.4) is 0 Å². The fourth-order valence-electron chi connectivity index (χ4n) is 3.25. The molecule has 2 aromatic carbocycles. The summed E-state index contributed by atoms with van der Waals surface area (Å²) < 4.78 is 6.75. The Morgan fingerprint density at radius 2 is 2.04 bits per heavy atom. The van der Waals surface area contributed by atoms with Crippen LogP contribution in [-0.4, -0.2) is 22.1 Å². The molecule has 4 rings (SSSR count). The van der Waals surface area contributed by atoms with Crippen LogP contribution in [0.25, 0.3) is 22.6 Å². The lowest BCUT2D eigenvalue weighted by molar-refractivity contribution is 0.0526. The molecule has 0 saturated carbocycles. The van der Waals surface area contributed by atoms with Crippen molar-refractivity contribution in [3.05, 3.63) is 75.8 Å². The summed E-state index contributed by atoms with van der Waals surface area (Å²) in [6.07, 6.45) is 2.82. The Balaban J connectivity index is 1.84. The van der Waals surface area contributed by atoms with E-state index in [4.69, 9.17) is 4.74 Å². The topological polar surface area (TPSA) is 61.2 Å². The van der Waals surface area contributed by atoms with Gasteiger partial charge in [-0.3, -0.25) is 9.36 Å². The maximum atomic E-state index is 12.8. The van der Waals surface area contributed by atoms with Gasteiger partial charge in [-0.25, -0.2) is 9.78 Å². The first kappa shape index (κ1) is 16.3. The second-order valence-corrected chi connectivity index (χ2v) is 6.17. The average molecular weight is 346 g/mol. The third-order valence-corrected chi connectivity index (χ3v) is 4.50. The lowest BCUT2D eigenvalue weighted by Gasteiger charge is -2.07. The predicted octanol–water partition coefficient (Wildman–Crippen LogP) is 3.52. The van der Waals surface area contributed by atoms with E-state index >= 15 is 0 Å². The molecular formula is C21H18N2O3. The zero-order chi connectivity index (χ0) is 18.1. The van der Waals surface area contributed by atoms with Crippen LogP contribution in [0.5, 0.6) is 0 Å². The Kier molecular flexibility index (Phi) is 4.13. The van der Waals surface area contributed by atoms with E-state index in [9.17, 15) is 9.59 Å². The fourth-order valence-corrected chi connectivity index (χ4v) is 3.25. The number of hydrogen-bond acceptors (Lipinski definition) is 4. The molecule has 3 aromatic rings. The van der Waals surface area contributed by atoms with Gasteiger partial charge >= 0.3 is 5.97 Å². The van der Waals surface area contributed by atoms with Crippen molar-refractivity contribution in [2.24, 2.45) is 0 Å². The van der Waals surface area contributed by atoms with Crippen LogP contribution in [-0.2, 0) is 11.3 Å². The van der Waals surface area contributed by atoms with Gasteiger partial charge in [0.2, 0.25) is 0 Å². The van der Waals surface area contributed by atoms with Crippen LogP contribution in [0.4, 0.5) is 0 Å². The molecule has 1 aliphatic rings. The first-order valence-electron chi connectivity index (χ1n) is 8.65. The largest absolute Gasteiger partial charge is 0.462 e. The van der Waals surface area contributed by atoms with Gasteiger partial charge in [-0.1, -0.05) is 30.3 Å². The first-order chi connectivity index (χ1) is 12.7. The minimum Gasteiger partial charge on any atom is -0.462 e. The lowest BCUT2D eigenvalue weighted by Crippen LogP contribution is -2.21. The van der Waals surface area contributed by atoms with E-state index < -0.39 is 5.97 Å². The Hall–Kier alpha value is -3.21. The number of hydrogen-bond donors (Lipinski definition) is 0. The summed E-state index contributed by atoms with van der Waals surface area (Å²) in [4.78, 5) is 29.5. The molecule has 26 heavy (non-hydrogen) atoms. The number of esters is 1. The number of rotatable bonds is 3. The zero-order valence-electron chi connectivity index (χ0n) is 14.4. The van der Waals surface area contributed by atoms with Crippen molar-refractivity contribution in [1.82, 2.24) is 9.55 Å². The van der Waals surface area contributed by atoms with Crippen molar-refractivity contribution in [2.45, 2.75) is 19.9 Å². The number of aromatic nitrogens is 2. The van der Waals surface area contributed by atoms with Crippen molar-refractivity contribution in [1.29, 1.82) is 0 Å². The van der Waals surface area contributed by atoms with Gasteiger partial charge in [-0.05, 0) is 48.8 Å². The number of carbonyl (C=O) groups is 1. The molecule has 0 atom stereocenters. The standard InChI is InChI=1S/C21H18N2O3/c1-2-26-21(25)16-8-9-17-18(13-16)22-19-15(10-11-23(19)20(17)24)12-14-6-4-3-5-7-14/h3-9,12-13H,2,10-11H2,1H3. The normalized spacial score (nSPS) is 14.6. The van der Waals surface area contributed by atoms with Gasteiger partial charge in [0.15, 0.2) is 0 Å². The Bertz CT molecular complexity index is 1080. The highest BCUT2D eigenvalue weighted by atomic mass is 16.5. The molecule has 0 spiro atoms.